The van der Waals surface area contributed by atoms with Gasteiger partial charge in [-0.2, -0.15) is 12.6 Å². The molecular formula is C11H17NS2. The molecule has 1 aromatic carbocycles. The fourth-order valence-corrected chi connectivity index (χ4v) is 2.34. The van der Waals surface area contributed by atoms with E-state index in [-0.39, 0.29) is 0 Å². The third-order valence-corrected chi connectivity index (χ3v) is 3.39. The van der Waals surface area contributed by atoms with Gasteiger partial charge >= 0.3 is 0 Å². The van der Waals surface area contributed by atoms with Gasteiger partial charge in [-0.15, -0.1) is 11.8 Å². The maximum Gasteiger partial charge on any atom is 0.0429 e. The minimum absolute atomic E-state index is 0.411. The minimum atomic E-state index is 0.411. The largest absolute Gasteiger partial charge is 0.302 e. The predicted molar refractivity (Wildman–Crippen MR) is 68.5 cm³/mol. The molecule has 1 nitrogen and oxygen atoms in total. The van der Waals surface area contributed by atoms with Crippen molar-refractivity contribution in [2.45, 2.75) is 10.9 Å². The number of nitrogens with zero attached hydrogens (tertiary/aromatic N) is 1. The van der Waals surface area contributed by atoms with Crippen LogP contribution in [0.4, 0.5) is 0 Å². The molecule has 0 aromatic heterocycles. The van der Waals surface area contributed by atoms with Crippen molar-refractivity contribution >= 4 is 24.4 Å². The van der Waals surface area contributed by atoms with E-state index in [4.69, 9.17) is 0 Å². The van der Waals surface area contributed by atoms with Gasteiger partial charge in [0.2, 0.25) is 0 Å². The Morgan fingerprint density at radius 1 is 1.29 bits per heavy atom. The van der Waals surface area contributed by atoms with E-state index in [9.17, 15) is 0 Å². The van der Waals surface area contributed by atoms with Crippen molar-refractivity contribution < 1.29 is 0 Å². The predicted octanol–water partition coefficient (Wildman–Crippen LogP) is 2.94. The summed E-state index contributed by atoms with van der Waals surface area (Å²) in [5.74, 6) is 0.853. The first-order chi connectivity index (χ1) is 6.69. The normalized spacial score (nSPS) is 13.2. The van der Waals surface area contributed by atoms with Crippen LogP contribution in [0.15, 0.2) is 29.2 Å². The molecule has 0 aliphatic carbocycles. The number of hydrogen-bond acceptors (Lipinski definition) is 3. The van der Waals surface area contributed by atoms with Crippen molar-refractivity contribution in [2.75, 3.05) is 26.1 Å². The van der Waals surface area contributed by atoms with Crippen molar-refractivity contribution in [1.29, 1.82) is 0 Å². The molecule has 0 aliphatic heterocycles. The zero-order valence-corrected chi connectivity index (χ0v) is 10.6. The second kappa shape index (κ2) is 5.69. The lowest BCUT2D eigenvalue weighted by Gasteiger charge is -2.22. The number of thiol groups is 1. The van der Waals surface area contributed by atoms with E-state index >= 15 is 0 Å². The van der Waals surface area contributed by atoms with Gasteiger partial charge in [-0.05, 0) is 38.0 Å². The van der Waals surface area contributed by atoms with Crippen LogP contribution >= 0.6 is 24.4 Å². The fourth-order valence-electron chi connectivity index (χ4n) is 1.39. The molecule has 0 spiro atoms. The van der Waals surface area contributed by atoms with Crippen molar-refractivity contribution in [2.24, 2.45) is 0 Å². The fraction of sp³-hybridized carbons (Fsp3) is 0.455. The van der Waals surface area contributed by atoms with Crippen molar-refractivity contribution in [3.8, 4) is 0 Å². The summed E-state index contributed by atoms with van der Waals surface area (Å²) in [5.41, 5.74) is 1.34. The maximum atomic E-state index is 4.37. The Hall–Kier alpha value is -0.120. The Morgan fingerprint density at radius 3 is 2.21 bits per heavy atom. The van der Waals surface area contributed by atoms with Crippen LogP contribution in [0.1, 0.15) is 11.6 Å². The highest BCUT2D eigenvalue weighted by Crippen LogP contribution is 2.22. The molecule has 0 saturated carbocycles. The number of hydrogen-bond donors (Lipinski definition) is 1. The van der Waals surface area contributed by atoms with E-state index in [2.05, 4.69) is 62.1 Å². The van der Waals surface area contributed by atoms with E-state index in [1.807, 2.05) is 0 Å². The molecule has 1 rings (SSSR count). The average Bonchev–Trinajstić information content (AvgIpc) is 2.19. The van der Waals surface area contributed by atoms with Gasteiger partial charge in [0.25, 0.3) is 0 Å². The molecule has 78 valence electrons. The van der Waals surface area contributed by atoms with Crippen LogP contribution in [0.3, 0.4) is 0 Å². The average molecular weight is 227 g/mol. The summed E-state index contributed by atoms with van der Waals surface area (Å²) >= 11 is 6.14. The zero-order chi connectivity index (χ0) is 10.6. The lowest BCUT2D eigenvalue weighted by atomic mass is 10.1. The van der Waals surface area contributed by atoms with Gasteiger partial charge in [0.05, 0.1) is 0 Å². The van der Waals surface area contributed by atoms with E-state index in [1.54, 1.807) is 11.8 Å². The summed E-state index contributed by atoms with van der Waals surface area (Å²) in [6.07, 6.45) is 2.09. The highest BCUT2D eigenvalue weighted by molar-refractivity contribution is 7.98. The first-order valence-electron chi connectivity index (χ1n) is 4.60. The van der Waals surface area contributed by atoms with Crippen LogP contribution in [-0.2, 0) is 0 Å². The Morgan fingerprint density at radius 2 is 1.86 bits per heavy atom. The molecule has 0 N–H and O–H groups in total. The summed E-state index contributed by atoms with van der Waals surface area (Å²) in [4.78, 5) is 3.51. The second-order valence-corrected chi connectivity index (χ2v) is 4.68. The number of benzene rings is 1. The molecule has 1 unspecified atom stereocenters. The van der Waals surface area contributed by atoms with Crippen LogP contribution in [-0.4, -0.2) is 31.0 Å². The molecule has 0 aliphatic rings. The SMILES string of the molecule is CSc1ccc(C(CS)N(C)C)cc1. The Balaban J connectivity index is 2.84. The number of thioether (sulfide) groups is 1. The third-order valence-electron chi connectivity index (χ3n) is 2.30. The number of rotatable bonds is 4. The van der Waals surface area contributed by atoms with Gasteiger partial charge in [-0.1, -0.05) is 12.1 Å². The summed E-state index contributed by atoms with van der Waals surface area (Å²) in [7, 11) is 4.17. The molecule has 0 saturated heterocycles. The monoisotopic (exact) mass is 227 g/mol. The first-order valence-corrected chi connectivity index (χ1v) is 6.46. The van der Waals surface area contributed by atoms with Crippen molar-refractivity contribution in [1.82, 2.24) is 4.90 Å². The van der Waals surface area contributed by atoms with Gasteiger partial charge < -0.3 is 4.90 Å². The van der Waals surface area contributed by atoms with E-state index in [0.29, 0.717) is 6.04 Å². The zero-order valence-electron chi connectivity index (χ0n) is 8.90. The van der Waals surface area contributed by atoms with E-state index < -0.39 is 0 Å². The molecule has 0 heterocycles. The van der Waals surface area contributed by atoms with Crippen LogP contribution in [0, 0.1) is 0 Å². The molecule has 14 heavy (non-hydrogen) atoms. The quantitative estimate of drug-likeness (QED) is 0.622. The topological polar surface area (TPSA) is 3.24 Å². The summed E-state index contributed by atoms with van der Waals surface area (Å²) in [6, 6.07) is 9.12. The summed E-state index contributed by atoms with van der Waals surface area (Å²) in [6.45, 7) is 0. The van der Waals surface area contributed by atoms with Crippen molar-refractivity contribution in [3.63, 3.8) is 0 Å². The molecule has 0 amide bonds. The van der Waals surface area contributed by atoms with Gasteiger partial charge in [0, 0.05) is 16.7 Å². The summed E-state index contributed by atoms with van der Waals surface area (Å²) in [5, 5.41) is 0. The Bertz CT molecular complexity index is 269. The van der Waals surface area contributed by atoms with Gasteiger partial charge in [0.15, 0.2) is 0 Å². The summed E-state index contributed by atoms with van der Waals surface area (Å²) < 4.78 is 0. The Kier molecular flexibility index (Phi) is 4.85. The van der Waals surface area contributed by atoms with E-state index in [1.165, 1.54) is 10.5 Å². The molecule has 3 heteroatoms. The van der Waals surface area contributed by atoms with Gasteiger partial charge in [0.1, 0.15) is 0 Å². The highest BCUT2D eigenvalue weighted by atomic mass is 32.2. The third kappa shape index (κ3) is 2.94. The molecule has 1 atom stereocenters. The second-order valence-electron chi connectivity index (χ2n) is 3.44. The Labute approximate surface area is 96.3 Å². The smallest absolute Gasteiger partial charge is 0.0429 e. The highest BCUT2D eigenvalue weighted by Gasteiger charge is 2.11. The maximum absolute atomic E-state index is 4.37. The minimum Gasteiger partial charge on any atom is -0.302 e. The van der Waals surface area contributed by atoms with Crippen LogP contribution in [0.25, 0.3) is 0 Å². The van der Waals surface area contributed by atoms with Crippen molar-refractivity contribution in [3.05, 3.63) is 29.8 Å². The lowest BCUT2D eigenvalue weighted by Crippen LogP contribution is -2.21. The molecule has 0 fully saturated rings. The standard InChI is InChI=1S/C11H17NS2/c1-12(2)11(8-13)9-4-6-10(14-3)7-5-9/h4-7,11,13H,8H2,1-3H3. The molecule has 1 aromatic rings. The van der Waals surface area contributed by atoms with Crippen LogP contribution in [0.2, 0.25) is 0 Å². The first kappa shape index (κ1) is 12.0. The van der Waals surface area contributed by atoms with Gasteiger partial charge in [-0.25, -0.2) is 0 Å². The molecule has 0 bridgehead atoms. The van der Waals surface area contributed by atoms with E-state index in [0.717, 1.165) is 5.75 Å². The lowest BCUT2D eigenvalue weighted by molar-refractivity contribution is 0.326. The van der Waals surface area contributed by atoms with Gasteiger partial charge in [-0.3, -0.25) is 0 Å². The van der Waals surface area contributed by atoms with Crippen LogP contribution < -0.4 is 0 Å². The van der Waals surface area contributed by atoms with Crippen LogP contribution in [0.5, 0.6) is 0 Å². The molecule has 0 radical (unpaired) electrons. The molecular weight excluding hydrogens is 210 g/mol.